The number of hydrogen-bond acceptors (Lipinski definition) is 1. The maximum absolute atomic E-state index is 12.6. The Balaban J connectivity index is 1.96. The summed E-state index contributed by atoms with van der Waals surface area (Å²) in [7, 11) is 0. The van der Waals surface area contributed by atoms with Crippen LogP contribution in [0.3, 0.4) is 0 Å². The number of Topliss-reactive ketones (excluding diaryl/α,β-unsaturated/α-hetero) is 1. The van der Waals surface area contributed by atoms with Crippen LogP contribution in [0.15, 0.2) is 22.2 Å². The first kappa shape index (κ1) is 14.8. The van der Waals surface area contributed by atoms with Gasteiger partial charge in [0.25, 0.3) is 0 Å². The fraction of sp³-hybridized carbons (Fsp3) is 0.615. The van der Waals surface area contributed by atoms with E-state index in [0.29, 0.717) is 10.7 Å². The molecule has 2 saturated carbocycles. The Morgan fingerprint density at radius 2 is 1.40 bits per heavy atom. The fourth-order valence-electron chi connectivity index (χ4n) is 4.40. The summed E-state index contributed by atoms with van der Waals surface area (Å²) in [5.41, 5.74) is 0. The van der Waals surface area contributed by atoms with Crippen molar-refractivity contribution in [2.75, 3.05) is 0 Å². The molecule has 0 N–H and O–H groups in total. The molecule has 0 radical (unpaired) electrons. The molecular weight excluding hydrogens is 474 g/mol. The quantitative estimate of drug-likeness (QED) is 0.359. The second-order valence-corrected chi connectivity index (χ2v) is 9.92. The highest BCUT2D eigenvalue weighted by Crippen LogP contribution is 2.73. The predicted molar refractivity (Wildman–Crippen MR) is 89.4 cm³/mol. The van der Waals surface area contributed by atoms with Crippen LogP contribution in [0.5, 0.6) is 0 Å². The van der Waals surface area contributed by atoms with Crippen LogP contribution in [0.4, 0.5) is 0 Å². The third-order valence-electron chi connectivity index (χ3n) is 5.33. The second kappa shape index (κ2) is 4.21. The Labute approximate surface area is 153 Å². The molecule has 5 rings (SSSR count). The average molecular weight is 482 g/mol. The smallest absolute Gasteiger partial charge is 0.199 e. The molecule has 2 fully saturated rings. The van der Waals surface area contributed by atoms with Crippen molar-refractivity contribution in [3.63, 3.8) is 0 Å². The molecule has 1 nitrogen and oxygen atoms in total. The molecule has 0 amide bonds. The first-order valence-electron chi connectivity index (χ1n) is 6.22. The lowest BCUT2D eigenvalue weighted by Gasteiger charge is -2.66. The summed E-state index contributed by atoms with van der Waals surface area (Å²) in [6.45, 7) is 0. The van der Waals surface area contributed by atoms with Gasteiger partial charge in [-0.25, -0.2) is 0 Å². The van der Waals surface area contributed by atoms with Gasteiger partial charge in [-0.05, 0) is 11.8 Å². The van der Waals surface area contributed by atoms with E-state index in [2.05, 4.69) is 37.9 Å². The SMILES string of the molecule is O=C1C(Cl)=C(Cl)[C@]2(Cl)[C@@H]3C=C[C@@H]([C@H]4[C@@H](Br)[C@@H](Br)[C@@H]43)[C@@]12Cl. The Morgan fingerprint density at radius 1 is 0.950 bits per heavy atom. The van der Waals surface area contributed by atoms with Crippen molar-refractivity contribution in [2.45, 2.75) is 19.4 Å². The van der Waals surface area contributed by atoms with Gasteiger partial charge in [0.05, 0.1) is 5.03 Å². The largest absolute Gasteiger partial charge is 0.291 e. The minimum absolute atomic E-state index is 0.00564. The zero-order valence-electron chi connectivity index (χ0n) is 9.79. The topological polar surface area (TPSA) is 17.1 Å². The maximum Gasteiger partial charge on any atom is 0.199 e. The van der Waals surface area contributed by atoms with E-state index in [9.17, 15) is 4.79 Å². The molecule has 108 valence electrons. The Kier molecular flexibility index (Phi) is 3.13. The number of carbonyl (C=O) groups excluding carboxylic acids is 1. The van der Waals surface area contributed by atoms with Gasteiger partial charge in [0, 0.05) is 21.5 Å². The monoisotopic (exact) mass is 478 g/mol. The summed E-state index contributed by atoms with van der Waals surface area (Å²) in [6.07, 6.45) is 4.07. The Hall–Kier alpha value is 1.27. The summed E-state index contributed by atoms with van der Waals surface area (Å²) in [6, 6.07) is 0. The Bertz CT molecular complexity index is 605. The summed E-state index contributed by atoms with van der Waals surface area (Å²) in [5, 5.41) is 0.199. The van der Waals surface area contributed by atoms with Crippen LogP contribution in [-0.4, -0.2) is 25.2 Å². The molecular formula is C13H8Br2Cl4O. The summed E-state index contributed by atoms with van der Waals surface area (Å²) in [5.74, 6) is -0.0103. The van der Waals surface area contributed by atoms with Crippen molar-refractivity contribution in [1.29, 1.82) is 0 Å². The van der Waals surface area contributed by atoms with Crippen molar-refractivity contribution in [2.24, 2.45) is 23.7 Å². The van der Waals surface area contributed by atoms with E-state index in [0.717, 1.165) is 0 Å². The van der Waals surface area contributed by atoms with Gasteiger partial charge in [0.2, 0.25) is 0 Å². The molecule has 0 saturated heterocycles. The highest BCUT2D eigenvalue weighted by atomic mass is 79.9. The minimum atomic E-state index is -1.26. The average Bonchev–Trinajstić information content (AvgIpc) is 2.60. The molecule has 7 heteroatoms. The van der Waals surface area contributed by atoms with Crippen LogP contribution >= 0.6 is 78.3 Å². The number of alkyl halides is 4. The van der Waals surface area contributed by atoms with E-state index >= 15 is 0 Å². The molecule has 5 aliphatic rings. The maximum atomic E-state index is 12.6. The predicted octanol–water partition coefficient (Wildman–Crippen LogP) is 4.80. The zero-order chi connectivity index (χ0) is 14.6. The van der Waals surface area contributed by atoms with Crippen LogP contribution < -0.4 is 0 Å². The van der Waals surface area contributed by atoms with Crippen molar-refractivity contribution in [1.82, 2.24) is 0 Å². The third-order valence-corrected chi connectivity index (χ3v) is 11.0. The van der Waals surface area contributed by atoms with Gasteiger partial charge in [-0.2, -0.15) is 0 Å². The van der Waals surface area contributed by atoms with Gasteiger partial charge in [0.15, 0.2) is 5.78 Å². The number of halogens is 6. The van der Waals surface area contributed by atoms with E-state index in [1.807, 2.05) is 6.08 Å². The fourth-order valence-corrected chi connectivity index (χ4v) is 8.33. The van der Waals surface area contributed by atoms with E-state index in [-0.39, 0.29) is 38.4 Å². The van der Waals surface area contributed by atoms with Crippen molar-refractivity contribution in [3.8, 4) is 0 Å². The molecule has 0 aromatic heterocycles. The van der Waals surface area contributed by atoms with Crippen LogP contribution in [0.2, 0.25) is 0 Å². The van der Waals surface area contributed by atoms with E-state index in [1.54, 1.807) is 0 Å². The minimum Gasteiger partial charge on any atom is -0.291 e. The number of hydrogen-bond donors (Lipinski definition) is 0. The van der Waals surface area contributed by atoms with Crippen molar-refractivity contribution in [3.05, 3.63) is 22.2 Å². The molecule has 2 bridgehead atoms. The van der Waals surface area contributed by atoms with Gasteiger partial charge in [-0.15, -0.1) is 23.2 Å². The first-order chi connectivity index (χ1) is 9.27. The summed E-state index contributed by atoms with van der Waals surface area (Å²) in [4.78, 5) is 10.8. The van der Waals surface area contributed by atoms with Crippen LogP contribution in [-0.2, 0) is 4.79 Å². The van der Waals surface area contributed by atoms with E-state index in [4.69, 9.17) is 46.4 Å². The molecule has 0 aromatic carbocycles. The van der Waals surface area contributed by atoms with Crippen molar-refractivity contribution < 1.29 is 4.79 Å². The molecule has 20 heavy (non-hydrogen) atoms. The lowest BCUT2D eigenvalue weighted by Crippen LogP contribution is -2.74. The van der Waals surface area contributed by atoms with Gasteiger partial charge in [-0.3, -0.25) is 4.79 Å². The molecule has 0 heterocycles. The number of allylic oxidation sites excluding steroid dienone is 4. The standard InChI is InChI=1S/C13H8Br2Cl4O/c14-7-5-3-1-2-4(6(5)8(7)15)13(19)11(20)9(16)10(17)12(3,13)18/h1-8H/t3-,4+,5-,6-,7+,8-,12-,13-/m1/s1. The molecule has 0 aliphatic heterocycles. The lowest BCUT2D eigenvalue weighted by atomic mass is 9.46. The molecule has 0 spiro atoms. The summed E-state index contributed by atoms with van der Waals surface area (Å²) >= 11 is 33.4. The third kappa shape index (κ3) is 1.27. The highest BCUT2D eigenvalue weighted by Gasteiger charge is 2.79. The van der Waals surface area contributed by atoms with Crippen LogP contribution in [0, 0.1) is 23.7 Å². The van der Waals surface area contributed by atoms with Gasteiger partial charge in [-0.1, -0.05) is 67.2 Å². The second-order valence-electron chi connectivity index (χ2n) is 5.86. The van der Waals surface area contributed by atoms with Gasteiger partial charge in [0.1, 0.15) is 14.8 Å². The molecule has 8 atom stereocenters. The summed E-state index contributed by atoms with van der Waals surface area (Å²) < 4.78 is 0. The van der Waals surface area contributed by atoms with Gasteiger partial charge < -0.3 is 0 Å². The zero-order valence-corrected chi connectivity index (χ0v) is 16.0. The first-order valence-corrected chi connectivity index (χ1v) is 9.57. The molecule has 0 unspecified atom stereocenters. The lowest BCUT2D eigenvalue weighted by molar-refractivity contribution is -0.122. The molecule has 0 aromatic rings. The number of carbonyl (C=O) groups is 1. The van der Waals surface area contributed by atoms with Crippen LogP contribution in [0.25, 0.3) is 0 Å². The number of rotatable bonds is 0. The van der Waals surface area contributed by atoms with Crippen LogP contribution in [0.1, 0.15) is 0 Å². The van der Waals surface area contributed by atoms with Crippen molar-refractivity contribution >= 4 is 84.0 Å². The Morgan fingerprint density at radius 3 is 1.90 bits per heavy atom. The normalized spacial score (nSPS) is 59.6. The van der Waals surface area contributed by atoms with Gasteiger partial charge >= 0.3 is 0 Å². The molecule has 5 aliphatic carbocycles. The van der Waals surface area contributed by atoms with E-state index in [1.165, 1.54) is 0 Å². The highest BCUT2D eigenvalue weighted by molar-refractivity contribution is 9.12. The number of ketones is 1. The van der Waals surface area contributed by atoms with E-state index < -0.39 is 9.75 Å².